The first-order valence-corrected chi connectivity index (χ1v) is 25.2. The van der Waals surface area contributed by atoms with E-state index in [2.05, 4.69) is 31.9 Å². The molecule has 6 unspecified atom stereocenters. The smallest absolute Gasteiger partial charge is 0.246 e. The van der Waals surface area contributed by atoms with Gasteiger partial charge >= 0.3 is 0 Å². The first kappa shape index (κ1) is 57.2. The van der Waals surface area contributed by atoms with Gasteiger partial charge in [-0.05, 0) is 55.2 Å². The number of nitrogens with two attached hydrogens (primary N) is 3. The number of amides is 11. The molecule has 69 heavy (non-hydrogen) atoms. The summed E-state index contributed by atoms with van der Waals surface area (Å²) < 4.78 is 0. The van der Waals surface area contributed by atoms with E-state index in [4.69, 9.17) is 17.2 Å². The maximum Gasteiger partial charge on any atom is 0.246 e. The average molecular weight is 1010 g/mol. The molecule has 0 aromatic heterocycles. The number of hydrogen-bond acceptors (Lipinski definition) is 14. The van der Waals surface area contributed by atoms with Gasteiger partial charge in [0, 0.05) is 44.4 Å². The van der Waals surface area contributed by atoms with Crippen molar-refractivity contribution in [1.82, 2.24) is 41.7 Å². The summed E-state index contributed by atoms with van der Waals surface area (Å²) in [6, 6.07) is -3.37. The molecule has 23 nitrogen and oxygen atoms in total. The molecule has 13 N–H and O–H groups in total. The van der Waals surface area contributed by atoms with Crippen molar-refractivity contribution >= 4 is 86.6 Å². The van der Waals surface area contributed by atoms with E-state index in [1.54, 1.807) is 26.0 Å². The number of nitrogens with zero attached hydrogens (tertiary/aromatic N) is 2. The topological polar surface area (TPSA) is 365 Å². The van der Waals surface area contributed by atoms with Crippen molar-refractivity contribution in [2.75, 3.05) is 31.6 Å². The van der Waals surface area contributed by atoms with Crippen LogP contribution < -0.4 is 49.1 Å². The van der Waals surface area contributed by atoms with E-state index in [-0.39, 0.29) is 61.8 Å². The molecular weight excluding hydrogens is 939 g/mol. The van der Waals surface area contributed by atoms with E-state index in [1.165, 1.54) is 29.0 Å². The normalized spacial score (nSPS) is 23.2. The number of phenolic OH excluding ortho intramolecular Hbond substituents is 1. The second kappa shape index (κ2) is 27.8. The molecule has 2 fully saturated rings. The molecule has 1 aromatic rings. The SMILES string of the molecule is CCC(C)C1NC(=O)C(Cc2ccc(O)cc2)NC(=O)CCSSCC(C(=O)N2CCC[C@H]2C(=O)N(C)[C@@H](CC(C)C)C(=O)NCC(N)=O)NC(=O)C(CC(N)=O)NC(=O)C(CCC(N)=O)NC1=O. The van der Waals surface area contributed by atoms with Crippen molar-refractivity contribution in [3.8, 4) is 5.75 Å². The predicted octanol–water partition coefficient (Wildman–Crippen LogP) is -2.20. The third-order valence-corrected chi connectivity index (χ3v) is 14.0. The Morgan fingerprint density at radius 3 is 2.07 bits per heavy atom. The van der Waals surface area contributed by atoms with Gasteiger partial charge in [0.05, 0.1) is 13.0 Å². The third kappa shape index (κ3) is 18.4. The van der Waals surface area contributed by atoms with Gasteiger partial charge in [0.15, 0.2) is 0 Å². The van der Waals surface area contributed by atoms with Crippen LogP contribution in [0.2, 0.25) is 0 Å². The van der Waals surface area contributed by atoms with E-state index in [9.17, 15) is 57.8 Å². The van der Waals surface area contributed by atoms with Gasteiger partial charge in [-0.1, -0.05) is 67.8 Å². The van der Waals surface area contributed by atoms with Crippen LogP contribution >= 0.6 is 21.6 Å². The zero-order valence-electron chi connectivity index (χ0n) is 39.6. The molecule has 25 heteroatoms. The van der Waals surface area contributed by atoms with Crippen LogP contribution in [-0.4, -0.2) is 154 Å². The number of primary amides is 3. The van der Waals surface area contributed by atoms with Crippen LogP contribution in [0.5, 0.6) is 5.75 Å². The van der Waals surface area contributed by atoms with Crippen LogP contribution in [0.1, 0.15) is 84.6 Å². The summed E-state index contributed by atoms with van der Waals surface area (Å²) in [7, 11) is 3.66. The average Bonchev–Trinajstić information content (AvgIpc) is 3.78. The Balaban J connectivity index is 2.04. The molecule has 2 heterocycles. The highest BCUT2D eigenvalue weighted by molar-refractivity contribution is 8.76. The van der Waals surface area contributed by atoms with Gasteiger partial charge in [-0.25, -0.2) is 0 Å². The van der Waals surface area contributed by atoms with E-state index < -0.39 is 133 Å². The largest absolute Gasteiger partial charge is 0.508 e. The van der Waals surface area contributed by atoms with E-state index >= 15 is 0 Å². The number of rotatable bonds is 17. The van der Waals surface area contributed by atoms with Crippen molar-refractivity contribution in [3.05, 3.63) is 29.8 Å². The Hall–Kier alpha value is -6.11. The highest BCUT2D eigenvalue weighted by Gasteiger charge is 2.42. The molecule has 8 atom stereocenters. The first-order chi connectivity index (χ1) is 32.5. The van der Waals surface area contributed by atoms with Gasteiger partial charge < -0.3 is 64.0 Å². The molecule has 0 aliphatic carbocycles. The van der Waals surface area contributed by atoms with Gasteiger partial charge in [-0.3, -0.25) is 52.7 Å². The minimum absolute atomic E-state index is 0.0249. The van der Waals surface area contributed by atoms with Crippen LogP contribution in [-0.2, 0) is 59.2 Å². The lowest BCUT2D eigenvalue weighted by molar-refractivity contribution is -0.148. The molecule has 0 saturated carbocycles. The van der Waals surface area contributed by atoms with Crippen molar-refractivity contribution < 1.29 is 57.8 Å². The quantitative estimate of drug-likeness (QED) is 0.0741. The Morgan fingerprint density at radius 1 is 0.826 bits per heavy atom. The van der Waals surface area contributed by atoms with Gasteiger partial charge in [-0.15, -0.1) is 0 Å². The molecule has 1 aromatic carbocycles. The Labute approximate surface area is 408 Å². The minimum atomic E-state index is -1.73. The van der Waals surface area contributed by atoms with E-state index in [0.29, 0.717) is 18.4 Å². The summed E-state index contributed by atoms with van der Waals surface area (Å²) in [6.45, 7) is 6.74. The van der Waals surface area contributed by atoms with Crippen molar-refractivity contribution in [2.24, 2.45) is 29.0 Å². The van der Waals surface area contributed by atoms with Crippen molar-refractivity contribution in [2.45, 2.75) is 128 Å². The van der Waals surface area contributed by atoms with Gasteiger partial charge in [0.2, 0.25) is 65.0 Å². The number of likely N-dealkylation sites (tertiary alicyclic amines) is 1. The molecule has 3 rings (SSSR count). The lowest BCUT2D eigenvalue weighted by Gasteiger charge is -2.34. The fourth-order valence-electron chi connectivity index (χ4n) is 7.61. The number of aromatic hydroxyl groups is 1. The molecule has 2 aliphatic rings. The first-order valence-electron chi connectivity index (χ1n) is 22.8. The number of benzene rings is 1. The third-order valence-electron chi connectivity index (χ3n) is 11.6. The summed E-state index contributed by atoms with van der Waals surface area (Å²) in [6.07, 6.45) is -0.586. The van der Waals surface area contributed by atoms with Crippen LogP contribution in [0.4, 0.5) is 0 Å². The molecule has 0 spiro atoms. The molecule has 11 amide bonds. The van der Waals surface area contributed by atoms with Gasteiger partial charge in [0.25, 0.3) is 0 Å². The monoisotopic (exact) mass is 1010 g/mol. The molecule has 2 aliphatic heterocycles. The van der Waals surface area contributed by atoms with Crippen molar-refractivity contribution in [1.29, 1.82) is 0 Å². The fraction of sp³-hybridized carbons (Fsp3) is 0.614. The van der Waals surface area contributed by atoms with Crippen LogP contribution in [0, 0.1) is 11.8 Å². The zero-order valence-corrected chi connectivity index (χ0v) is 41.2. The summed E-state index contributed by atoms with van der Waals surface area (Å²) in [5.74, 6) is -9.43. The minimum Gasteiger partial charge on any atom is -0.508 e. The Morgan fingerprint density at radius 2 is 1.46 bits per heavy atom. The standard InChI is InChI=1S/C44H67N11O12S2/c1-6-24(4)37-42(65)50-27(13-14-33(45)57)38(61)51-29(20-34(46)58)39(62)52-30(22-69-68-17-15-36(60)49-28(40(63)53-37)19-25-9-11-26(56)12-10-25)43(66)55-16-7-8-31(55)44(67)54(5)32(18-23(2)3)41(64)48-21-35(47)59/h9-12,23-24,27-32,37,56H,6-8,13-22H2,1-5H3,(H2,45,57)(H2,46,58)(H2,47,59)(H,48,64)(H,49,60)(H,50,65)(H,51,61)(H,52,62)(H,53,63)/t24?,27?,28?,29?,30?,31-,32-,37?/m0/s1. The summed E-state index contributed by atoms with van der Waals surface area (Å²) >= 11 is 0. The van der Waals surface area contributed by atoms with Crippen LogP contribution in [0.25, 0.3) is 0 Å². The van der Waals surface area contributed by atoms with Crippen LogP contribution in [0.3, 0.4) is 0 Å². The maximum absolute atomic E-state index is 14.6. The van der Waals surface area contributed by atoms with Crippen molar-refractivity contribution in [3.63, 3.8) is 0 Å². The number of carbonyl (C=O) groups is 11. The summed E-state index contributed by atoms with van der Waals surface area (Å²) in [5.41, 5.74) is 16.7. The second-order valence-electron chi connectivity index (χ2n) is 17.5. The number of hydrogen-bond donors (Lipinski definition) is 10. The Bertz CT molecular complexity index is 2050. The summed E-state index contributed by atoms with van der Waals surface area (Å²) in [5, 5.41) is 25.3. The molecule has 382 valence electrons. The van der Waals surface area contributed by atoms with Gasteiger partial charge in [0.1, 0.15) is 48.0 Å². The number of likely N-dealkylation sites (N-methyl/N-ethyl adjacent to an activating group) is 1. The van der Waals surface area contributed by atoms with Gasteiger partial charge in [-0.2, -0.15) is 0 Å². The zero-order chi connectivity index (χ0) is 51.5. The number of phenols is 1. The second-order valence-corrected chi connectivity index (χ2v) is 20.2. The molecule has 0 radical (unpaired) electrons. The lowest BCUT2D eigenvalue weighted by Crippen LogP contribution is -2.61. The molecular formula is C44H67N11O12S2. The van der Waals surface area contributed by atoms with E-state index in [1.807, 2.05) is 13.8 Å². The molecule has 0 bridgehead atoms. The highest BCUT2D eigenvalue weighted by atomic mass is 33.1. The Kier molecular flexibility index (Phi) is 23.0. The predicted molar refractivity (Wildman–Crippen MR) is 256 cm³/mol. The highest BCUT2D eigenvalue weighted by Crippen LogP contribution is 2.27. The summed E-state index contributed by atoms with van der Waals surface area (Å²) in [4.78, 5) is 150. The fourth-order valence-corrected chi connectivity index (χ4v) is 9.76. The number of nitrogens with one attached hydrogen (secondary N) is 6. The van der Waals surface area contributed by atoms with Crippen LogP contribution in [0.15, 0.2) is 24.3 Å². The number of carbonyl (C=O) groups excluding carboxylic acids is 11. The molecule has 2 saturated heterocycles. The van der Waals surface area contributed by atoms with E-state index in [0.717, 1.165) is 21.6 Å². The lowest BCUT2D eigenvalue weighted by atomic mass is 9.96. The maximum atomic E-state index is 14.6.